The molecule has 1 atom stereocenters. The van der Waals surface area contributed by atoms with E-state index in [0.29, 0.717) is 24.3 Å². The summed E-state index contributed by atoms with van der Waals surface area (Å²) in [6, 6.07) is 23.2. The number of hydrogen-bond acceptors (Lipinski definition) is 2. The van der Waals surface area contributed by atoms with Gasteiger partial charge in [-0.15, -0.1) is 0 Å². The second-order valence-corrected chi connectivity index (χ2v) is 7.53. The minimum absolute atomic E-state index is 0.195. The number of amides is 2. The first-order valence-electron chi connectivity index (χ1n) is 10.3. The van der Waals surface area contributed by atoms with E-state index in [1.54, 1.807) is 30.3 Å². The SMILES string of the molecule is C[NH+](CC(=O)Nc1ccccc1C(=O)NCCc1ccccc1)Cc1cccc(F)c1. The van der Waals surface area contributed by atoms with Crippen LogP contribution in [0.2, 0.25) is 0 Å². The maximum atomic E-state index is 13.3. The van der Waals surface area contributed by atoms with Crippen molar-refractivity contribution in [2.24, 2.45) is 0 Å². The van der Waals surface area contributed by atoms with Gasteiger partial charge in [0.2, 0.25) is 0 Å². The molecule has 0 saturated heterocycles. The molecule has 0 aliphatic rings. The van der Waals surface area contributed by atoms with Gasteiger partial charge in [0.15, 0.2) is 6.54 Å². The van der Waals surface area contributed by atoms with E-state index in [2.05, 4.69) is 10.6 Å². The Hall–Kier alpha value is -3.51. The molecule has 2 amide bonds. The largest absolute Gasteiger partial charge is 0.352 e. The van der Waals surface area contributed by atoms with Crippen LogP contribution in [0.1, 0.15) is 21.5 Å². The maximum absolute atomic E-state index is 13.3. The van der Waals surface area contributed by atoms with Crippen molar-refractivity contribution in [3.05, 3.63) is 101 Å². The highest BCUT2D eigenvalue weighted by atomic mass is 19.1. The lowest BCUT2D eigenvalue weighted by Gasteiger charge is -2.15. The fourth-order valence-electron chi connectivity index (χ4n) is 3.38. The van der Waals surface area contributed by atoms with Crippen molar-refractivity contribution in [2.45, 2.75) is 13.0 Å². The molecule has 3 aromatic carbocycles. The molecule has 3 rings (SSSR count). The molecule has 0 bridgehead atoms. The molecule has 31 heavy (non-hydrogen) atoms. The molecule has 0 heterocycles. The molecule has 0 aliphatic carbocycles. The number of benzene rings is 3. The number of halogens is 1. The number of carbonyl (C=O) groups is 2. The molecular formula is C25H27FN3O2+. The summed E-state index contributed by atoms with van der Waals surface area (Å²) in [6.07, 6.45) is 0.731. The lowest BCUT2D eigenvalue weighted by atomic mass is 10.1. The van der Waals surface area contributed by atoms with Gasteiger partial charge in [0, 0.05) is 12.1 Å². The van der Waals surface area contributed by atoms with Gasteiger partial charge in [-0.2, -0.15) is 0 Å². The Balaban J connectivity index is 1.54. The summed E-state index contributed by atoms with van der Waals surface area (Å²) in [5, 5.41) is 5.74. The molecule has 3 N–H and O–H groups in total. The van der Waals surface area contributed by atoms with E-state index >= 15 is 0 Å². The van der Waals surface area contributed by atoms with Gasteiger partial charge < -0.3 is 15.5 Å². The van der Waals surface area contributed by atoms with E-state index in [1.165, 1.54) is 12.1 Å². The van der Waals surface area contributed by atoms with Crippen LogP contribution >= 0.6 is 0 Å². The molecular weight excluding hydrogens is 393 g/mol. The van der Waals surface area contributed by atoms with Crippen molar-refractivity contribution in [1.82, 2.24) is 5.32 Å². The monoisotopic (exact) mass is 420 g/mol. The van der Waals surface area contributed by atoms with E-state index in [9.17, 15) is 14.0 Å². The molecule has 3 aromatic rings. The summed E-state index contributed by atoms with van der Waals surface area (Å²) in [4.78, 5) is 26.1. The fraction of sp³-hybridized carbons (Fsp3) is 0.200. The average molecular weight is 421 g/mol. The Morgan fingerprint density at radius 3 is 2.39 bits per heavy atom. The van der Waals surface area contributed by atoms with Crippen molar-refractivity contribution >= 4 is 17.5 Å². The van der Waals surface area contributed by atoms with Crippen molar-refractivity contribution in [1.29, 1.82) is 0 Å². The fourth-order valence-corrected chi connectivity index (χ4v) is 3.38. The lowest BCUT2D eigenvalue weighted by molar-refractivity contribution is -0.885. The average Bonchev–Trinajstić information content (AvgIpc) is 2.74. The summed E-state index contributed by atoms with van der Waals surface area (Å²) in [6.45, 7) is 1.22. The highest BCUT2D eigenvalue weighted by Crippen LogP contribution is 2.14. The molecule has 0 spiro atoms. The summed E-state index contributed by atoms with van der Waals surface area (Å²) < 4.78 is 13.3. The smallest absolute Gasteiger partial charge is 0.279 e. The first-order valence-corrected chi connectivity index (χ1v) is 10.3. The van der Waals surface area contributed by atoms with Gasteiger partial charge in [-0.25, -0.2) is 4.39 Å². The van der Waals surface area contributed by atoms with Crippen LogP contribution in [0.15, 0.2) is 78.9 Å². The van der Waals surface area contributed by atoms with Gasteiger partial charge in [-0.05, 0) is 36.2 Å². The van der Waals surface area contributed by atoms with Gasteiger partial charge in [-0.1, -0.05) is 54.6 Å². The first-order chi connectivity index (χ1) is 15.0. The van der Waals surface area contributed by atoms with Crippen LogP contribution in [0.25, 0.3) is 0 Å². The van der Waals surface area contributed by atoms with E-state index in [1.807, 2.05) is 43.4 Å². The second-order valence-electron chi connectivity index (χ2n) is 7.53. The van der Waals surface area contributed by atoms with Crippen molar-refractivity contribution in [3.8, 4) is 0 Å². The van der Waals surface area contributed by atoms with Crippen molar-refractivity contribution in [3.63, 3.8) is 0 Å². The molecule has 1 unspecified atom stereocenters. The third-order valence-corrected chi connectivity index (χ3v) is 4.85. The topological polar surface area (TPSA) is 62.6 Å². The van der Waals surface area contributed by atoms with Gasteiger partial charge in [0.25, 0.3) is 11.8 Å². The van der Waals surface area contributed by atoms with Crippen LogP contribution in [-0.2, 0) is 17.8 Å². The summed E-state index contributed by atoms with van der Waals surface area (Å²) in [5.74, 6) is -0.729. The number of nitrogens with one attached hydrogen (secondary N) is 3. The van der Waals surface area contributed by atoms with E-state index < -0.39 is 0 Å². The minimum atomic E-state index is -0.290. The number of likely N-dealkylation sites (N-methyl/N-ethyl adjacent to an activating group) is 1. The summed E-state index contributed by atoms with van der Waals surface area (Å²) >= 11 is 0. The molecule has 5 nitrogen and oxygen atoms in total. The lowest BCUT2D eigenvalue weighted by Crippen LogP contribution is -3.08. The number of quaternary nitrogens is 1. The molecule has 0 aliphatic heterocycles. The normalized spacial score (nSPS) is 11.5. The van der Waals surface area contributed by atoms with Gasteiger partial charge in [-0.3, -0.25) is 9.59 Å². The highest BCUT2D eigenvalue weighted by molar-refractivity contribution is 6.03. The van der Waals surface area contributed by atoms with Crippen LogP contribution in [-0.4, -0.2) is 32.0 Å². The Labute approximate surface area is 181 Å². The van der Waals surface area contributed by atoms with E-state index in [4.69, 9.17) is 0 Å². The third kappa shape index (κ3) is 7.04. The molecule has 0 aromatic heterocycles. The van der Waals surface area contributed by atoms with Crippen molar-refractivity contribution in [2.75, 3.05) is 25.5 Å². The van der Waals surface area contributed by atoms with Crippen LogP contribution < -0.4 is 15.5 Å². The highest BCUT2D eigenvalue weighted by Gasteiger charge is 2.16. The van der Waals surface area contributed by atoms with Crippen molar-refractivity contribution < 1.29 is 18.9 Å². The third-order valence-electron chi connectivity index (χ3n) is 4.85. The molecule has 0 fully saturated rings. The first kappa shape index (κ1) is 22.2. The van der Waals surface area contributed by atoms with Crippen LogP contribution in [0, 0.1) is 5.82 Å². The molecule has 0 saturated carbocycles. The number of hydrogen-bond donors (Lipinski definition) is 3. The van der Waals surface area contributed by atoms with Crippen LogP contribution in [0.3, 0.4) is 0 Å². The molecule has 0 radical (unpaired) electrons. The number of anilines is 1. The quantitative estimate of drug-likeness (QED) is 0.498. The number of para-hydroxylation sites is 1. The standard InChI is InChI=1S/C25H26FN3O2/c1-29(17-20-10-7-11-21(26)16-20)18-24(30)28-23-13-6-5-12-22(23)25(31)27-15-14-19-8-3-2-4-9-19/h2-13,16H,14-15,17-18H2,1H3,(H,27,31)(H,28,30)/p+1. The van der Waals surface area contributed by atoms with Gasteiger partial charge >= 0.3 is 0 Å². The minimum Gasteiger partial charge on any atom is -0.352 e. The predicted octanol–water partition coefficient (Wildman–Crippen LogP) is 2.45. The number of rotatable bonds is 9. The zero-order chi connectivity index (χ0) is 22.1. The Bertz CT molecular complexity index is 1020. The maximum Gasteiger partial charge on any atom is 0.279 e. The number of carbonyl (C=O) groups excluding carboxylic acids is 2. The van der Waals surface area contributed by atoms with E-state index in [-0.39, 0.29) is 24.2 Å². The van der Waals surface area contributed by atoms with Crippen LogP contribution in [0.4, 0.5) is 10.1 Å². The van der Waals surface area contributed by atoms with Gasteiger partial charge in [0.1, 0.15) is 12.4 Å². The summed E-state index contributed by atoms with van der Waals surface area (Å²) in [5.41, 5.74) is 2.87. The predicted molar refractivity (Wildman–Crippen MR) is 119 cm³/mol. The summed E-state index contributed by atoms with van der Waals surface area (Å²) in [7, 11) is 1.87. The van der Waals surface area contributed by atoms with E-state index in [0.717, 1.165) is 22.4 Å². The zero-order valence-corrected chi connectivity index (χ0v) is 17.5. The molecule has 160 valence electrons. The Morgan fingerprint density at radius 2 is 1.61 bits per heavy atom. The Kier molecular flexibility index (Phi) is 7.90. The zero-order valence-electron chi connectivity index (χ0n) is 17.5. The molecule has 6 heteroatoms. The van der Waals surface area contributed by atoms with Gasteiger partial charge in [0.05, 0.1) is 18.3 Å². The Morgan fingerprint density at radius 1 is 0.903 bits per heavy atom. The van der Waals surface area contributed by atoms with Crippen LogP contribution in [0.5, 0.6) is 0 Å². The second kappa shape index (κ2) is 11.0.